The molecule has 3 rings (SSSR count). The fraction of sp³-hybridized carbons (Fsp3) is 0.375. The first-order valence-electron chi connectivity index (χ1n) is 7.55. The van der Waals surface area contributed by atoms with Gasteiger partial charge in [0.25, 0.3) is 5.91 Å². The van der Waals surface area contributed by atoms with Crippen LogP contribution in [0.25, 0.3) is 0 Å². The van der Waals surface area contributed by atoms with E-state index in [4.69, 9.17) is 5.84 Å². The first-order valence-corrected chi connectivity index (χ1v) is 7.55. The SMILES string of the molecule is CCn1nc(C(=O)NN)c2c1CCN(c1ccc(C)cc1)C2. The molecule has 2 heterocycles. The first kappa shape index (κ1) is 14.6. The van der Waals surface area contributed by atoms with Crippen molar-refractivity contribution in [2.24, 2.45) is 5.84 Å². The van der Waals surface area contributed by atoms with Gasteiger partial charge < -0.3 is 4.90 Å². The molecule has 0 atom stereocenters. The molecule has 0 unspecified atom stereocenters. The number of hydrogen-bond acceptors (Lipinski definition) is 4. The van der Waals surface area contributed by atoms with Gasteiger partial charge in [-0.1, -0.05) is 17.7 Å². The monoisotopic (exact) mass is 299 g/mol. The Morgan fingerprint density at radius 2 is 2.09 bits per heavy atom. The molecule has 0 saturated carbocycles. The highest BCUT2D eigenvalue weighted by atomic mass is 16.2. The second kappa shape index (κ2) is 5.81. The van der Waals surface area contributed by atoms with Gasteiger partial charge in [-0.25, -0.2) is 5.84 Å². The van der Waals surface area contributed by atoms with Crippen LogP contribution in [-0.4, -0.2) is 22.2 Å². The van der Waals surface area contributed by atoms with Crippen molar-refractivity contribution < 1.29 is 4.79 Å². The van der Waals surface area contributed by atoms with E-state index in [0.29, 0.717) is 12.2 Å². The third-order valence-electron chi connectivity index (χ3n) is 4.18. The smallest absolute Gasteiger partial charge is 0.286 e. The Morgan fingerprint density at radius 3 is 2.73 bits per heavy atom. The molecule has 1 aliphatic heterocycles. The number of nitrogens with zero attached hydrogens (tertiary/aromatic N) is 3. The third-order valence-corrected chi connectivity index (χ3v) is 4.18. The summed E-state index contributed by atoms with van der Waals surface area (Å²) in [4.78, 5) is 14.2. The van der Waals surface area contributed by atoms with Crippen LogP contribution in [0.4, 0.5) is 5.69 Å². The number of carbonyl (C=O) groups excluding carboxylic acids is 1. The topological polar surface area (TPSA) is 76.2 Å². The number of anilines is 1. The number of carbonyl (C=O) groups is 1. The van der Waals surface area contributed by atoms with Gasteiger partial charge >= 0.3 is 0 Å². The molecule has 1 aromatic heterocycles. The van der Waals surface area contributed by atoms with E-state index in [2.05, 4.69) is 46.6 Å². The molecule has 0 bridgehead atoms. The van der Waals surface area contributed by atoms with Crippen LogP contribution in [0, 0.1) is 6.92 Å². The van der Waals surface area contributed by atoms with E-state index in [1.165, 1.54) is 11.3 Å². The minimum absolute atomic E-state index is 0.325. The zero-order valence-corrected chi connectivity index (χ0v) is 13.0. The van der Waals surface area contributed by atoms with E-state index in [1.54, 1.807) is 0 Å². The molecular weight excluding hydrogens is 278 g/mol. The molecule has 1 amide bonds. The van der Waals surface area contributed by atoms with Crippen molar-refractivity contribution in [2.75, 3.05) is 11.4 Å². The molecule has 116 valence electrons. The second-order valence-electron chi connectivity index (χ2n) is 5.57. The minimum atomic E-state index is -0.325. The number of nitrogen functional groups attached to an aromatic ring is 1. The Labute approximate surface area is 129 Å². The van der Waals surface area contributed by atoms with E-state index in [1.807, 2.05) is 11.6 Å². The van der Waals surface area contributed by atoms with Crippen LogP contribution in [-0.2, 0) is 19.5 Å². The summed E-state index contributed by atoms with van der Waals surface area (Å²) in [5.74, 6) is 4.96. The van der Waals surface area contributed by atoms with Crippen molar-refractivity contribution >= 4 is 11.6 Å². The molecule has 0 radical (unpaired) electrons. The zero-order chi connectivity index (χ0) is 15.7. The summed E-state index contributed by atoms with van der Waals surface area (Å²) >= 11 is 0. The predicted octanol–water partition coefficient (Wildman–Crippen LogP) is 1.38. The van der Waals surface area contributed by atoms with Gasteiger partial charge in [0.05, 0.1) is 0 Å². The normalized spacial score (nSPS) is 13.9. The van der Waals surface area contributed by atoms with Crippen molar-refractivity contribution in [3.05, 3.63) is 46.8 Å². The van der Waals surface area contributed by atoms with Gasteiger partial charge in [-0.2, -0.15) is 5.10 Å². The second-order valence-corrected chi connectivity index (χ2v) is 5.57. The molecule has 0 fully saturated rings. The van der Waals surface area contributed by atoms with Crippen LogP contribution >= 0.6 is 0 Å². The van der Waals surface area contributed by atoms with E-state index >= 15 is 0 Å². The van der Waals surface area contributed by atoms with Crippen LogP contribution in [0.15, 0.2) is 24.3 Å². The van der Waals surface area contributed by atoms with Crippen LogP contribution in [0.5, 0.6) is 0 Å². The number of aryl methyl sites for hydroxylation is 2. The molecule has 22 heavy (non-hydrogen) atoms. The van der Waals surface area contributed by atoms with E-state index < -0.39 is 0 Å². The number of fused-ring (bicyclic) bond motifs is 1. The van der Waals surface area contributed by atoms with Gasteiger partial charge in [0, 0.05) is 43.0 Å². The number of rotatable bonds is 3. The highest BCUT2D eigenvalue weighted by Gasteiger charge is 2.27. The zero-order valence-electron chi connectivity index (χ0n) is 13.0. The van der Waals surface area contributed by atoms with Crippen LogP contribution in [0.2, 0.25) is 0 Å². The first-order chi connectivity index (χ1) is 10.6. The standard InChI is InChI=1S/C16H21N5O/c1-3-21-14-8-9-20(12-6-4-11(2)5-7-12)10-13(14)15(19-21)16(22)18-17/h4-7H,3,8-10,17H2,1-2H3,(H,18,22). The summed E-state index contributed by atoms with van der Waals surface area (Å²) < 4.78 is 1.91. The van der Waals surface area contributed by atoms with E-state index in [9.17, 15) is 4.79 Å². The number of aromatic nitrogens is 2. The summed E-state index contributed by atoms with van der Waals surface area (Å²) in [6.45, 7) is 6.47. The lowest BCUT2D eigenvalue weighted by molar-refractivity contribution is 0.0947. The van der Waals surface area contributed by atoms with E-state index in [0.717, 1.165) is 30.8 Å². The Bertz CT molecular complexity index is 689. The molecule has 2 aromatic rings. The lowest BCUT2D eigenvalue weighted by Crippen LogP contribution is -2.34. The Morgan fingerprint density at radius 1 is 1.36 bits per heavy atom. The molecule has 0 spiro atoms. The van der Waals surface area contributed by atoms with Gasteiger partial charge in [-0.15, -0.1) is 0 Å². The lowest BCUT2D eigenvalue weighted by Gasteiger charge is -2.29. The van der Waals surface area contributed by atoms with Gasteiger partial charge in [0.15, 0.2) is 5.69 Å². The van der Waals surface area contributed by atoms with Crippen molar-refractivity contribution in [1.29, 1.82) is 0 Å². The summed E-state index contributed by atoms with van der Waals surface area (Å²) in [6, 6.07) is 8.45. The largest absolute Gasteiger partial charge is 0.367 e. The molecule has 0 aliphatic carbocycles. The number of hydrazine groups is 1. The predicted molar refractivity (Wildman–Crippen MR) is 85.5 cm³/mol. The fourth-order valence-electron chi connectivity index (χ4n) is 2.98. The van der Waals surface area contributed by atoms with Crippen LogP contribution in [0.1, 0.15) is 34.2 Å². The van der Waals surface area contributed by atoms with Crippen LogP contribution in [0.3, 0.4) is 0 Å². The van der Waals surface area contributed by atoms with Gasteiger partial charge in [-0.3, -0.25) is 14.9 Å². The van der Waals surface area contributed by atoms with Crippen molar-refractivity contribution in [2.45, 2.75) is 33.4 Å². The van der Waals surface area contributed by atoms with Crippen molar-refractivity contribution in [1.82, 2.24) is 15.2 Å². The Kier molecular flexibility index (Phi) is 3.85. The molecule has 1 aromatic carbocycles. The van der Waals surface area contributed by atoms with Gasteiger partial charge in [-0.05, 0) is 26.0 Å². The van der Waals surface area contributed by atoms with E-state index in [-0.39, 0.29) is 5.91 Å². The van der Waals surface area contributed by atoms with Gasteiger partial charge in [0.1, 0.15) is 0 Å². The Balaban J connectivity index is 1.95. The highest BCUT2D eigenvalue weighted by Crippen LogP contribution is 2.27. The summed E-state index contributed by atoms with van der Waals surface area (Å²) in [5.41, 5.74) is 7.17. The average molecular weight is 299 g/mol. The maximum Gasteiger partial charge on any atom is 0.286 e. The van der Waals surface area contributed by atoms with Gasteiger partial charge in [0.2, 0.25) is 0 Å². The van der Waals surface area contributed by atoms with Crippen molar-refractivity contribution in [3.63, 3.8) is 0 Å². The number of nitrogens with one attached hydrogen (secondary N) is 1. The third kappa shape index (κ3) is 2.46. The summed E-state index contributed by atoms with van der Waals surface area (Å²) in [7, 11) is 0. The fourth-order valence-corrected chi connectivity index (χ4v) is 2.98. The quantitative estimate of drug-likeness (QED) is 0.510. The molecule has 3 N–H and O–H groups in total. The molecule has 6 heteroatoms. The average Bonchev–Trinajstić information content (AvgIpc) is 2.92. The summed E-state index contributed by atoms with van der Waals surface area (Å²) in [5, 5.41) is 4.42. The minimum Gasteiger partial charge on any atom is -0.367 e. The number of hydrogen-bond donors (Lipinski definition) is 2. The molecular formula is C16H21N5O. The maximum absolute atomic E-state index is 12.0. The van der Waals surface area contributed by atoms with Crippen LogP contribution < -0.4 is 16.2 Å². The number of benzene rings is 1. The molecule has 0 saturated heterocycles. The highest BCUT2D eigenvalue weighted by molar-refractivity contribution is 5.93. The lowest BCUT2D eigenvalue weighted by atomic mass is 10.0. The molecule has 1 aliphatic rings. The maximum atomic E-state index is 12.0. The number of amides is 1. The van der Waals surface area contributed by atoms with Crippen molar-refractivity contribution in [3.8, 4) is 0 Å². The summed E-state index contributed by atoms with van der Waals surface area (Å²) in [6.07, 6.45) is 0.877. The number of nitrogens with two attached hydrogens (primary N) is 1. The molecule has 6 nitrogen and oxygen atoms in total. The Hall–Kier alpha value is -2.34.